The number of hydrogen-bond donors (Lipinski definition) is 2. The number of ether oxygens (including phenoxy) is 2. The van der Waals surface area contributed by atoms with Crippen LogP contribution in [0.1, 0.15) is 25.7 Å². The number of nitrogens with one attached hydrogen (secondary N) is 1. The van der Waals surface area contributed by atoms with Crippen LogP contribution in [0, 0.1) is 11.8 Å². The summed E-state index contributed by atoms with van der Waals surface area (Å²) in [5, 5.41) is 12.1. The molecule has 0 bridgehead atoms. The molecule has 1 saturated carbocycles. The molecule has 130 valence electrons. The van der Waals surface area contributed by atoms with Gasteiger partial charge in [0.2, 0.25) is 5.91 Å². The minimum atomic E-state index is -0.938. The molecule has 1 aromatic carbocycles. The highest BCUT2D eigenvalue weighted by Crippen LogP contribution is 2.40. The summed E-state index contributed by atoms with van der Waals surface area (Å²) >= 11 is 6.00. The lowest BCUT2D eigenvalue weighted by atomic mass is 10.1. The Bertz CT molecular complexity index is 629. The second-order valence-electron chi connectivity index (χ2n) is 6.22. The molecule has 2 aliphatic rings. The Morgan fingerprint density at radius 1 is 1.33 bits per heavy atom. The maximum absolute atomic E-state index is 12.2. The summed E-state index contributed by atoms with van der Waals surface area (Å²) in [5.74, 6) is -1.83. The van der Waals surface area contributed by atoms with Crippen molar-refractivity contribution in [3.63, 3.8) is 0 Å². The third-order valence-corrected chi connectivity index (χ3v) is 4.58. The molecular weight excluding hydrogens is 334 g/mol. The van der Waals surface area contributed by atoms with E-state index in [1.165, 1.54) is 0 Å². The number of carboxylic acids is 1. The quantitative estimate of drug-likeness (QED) is 0.821. The molecule has 2 N–H and O–H groups in total. The Morgan fingerprint density at radius 3 is 2.83 bits per heavy atom. The van der Waals surface area contributed by atoms with E-state index in [2.05, 4.69) is 5.32 Å². The van der Waals surface area contributed by atoms with Crippen molar-refractivity contribution in [3.05, 3.63) is 23.2 Å². The SMILES string of the molecule is O=C(O)C1CC1C(=O)Nc1cc(Cl)ccc1OCC1CCCCO1. The molecule has 0 spiro atoms. The number of rotatable bonds is 6. The minimum absolute atomic E-state index is 0.0535. The Hall–Kier alpha value is -1.79. The van der Waals surface area contributed by atoms with Gasteiger partial charge in [-0.3, -0.25) is 9.59 Å². The monoisotopic (exact) mass is 353 g/mol. The fourth-order valence-corrected chi connectivity index (χ4v) is 3.00. The molecule has 3 atom stereocenters. The van der Waals surface area contributed by atoms with E-state index in [0.29, 0.717) is 29.5 Å². The number of aliphatic carboxylic acids is 1. The molecule has 1 aliphatic heterocycles. The van der Waals surface area contributed by atoms with Gasteiger partial charge in [-0.15, -0.1) is 0 Å². The summed E-state index contributed by atoms with van der Waals surface area (Å²) in [6.45, 7) is 1.15. The summed E-state index contributed by atoms with van der Waals surface area (Å²) in [6, 6.07) is 4.99. The molecule has 0 aromatic heterocycles. The number of hydrogen-bond acceptors (Lipinski definition) is 4. The molecule has 0 radical (unpaired) electrons. The van der Waals surface area contributed by atoms with E-state index < -0.39 is 17.8 Å². The number of anilines is 1. The third kappa shape index (κ3) is 4.19. The average molecular weight is 354 g/mol. The average Bonchev–Trinajstić information content (AvgIpc) is 3.36. The van der Waals surface area contributed by atoms with E-state index in [-0.39, 0.29) is 12.0 Å². The van der Waals surface area contributed by atoms with Crippen molar-refractivity contribution in [1.29, 1.82) is 0 Å². The van der Waals surface area contributed by atoms with Crippen LogP contribution < -0.4 is 10.1 Å². The van der Waals surface area contributed by atoms with Crippen LogP contribution in [0.4, 0.5) is 5.69 Å². The first-order chi connectivity index (χ1) is 11.5. The van der Waals surface area contributed by atoms with Crippen molar-refractivity contribution in [1.82, 2.24) is 0 Å². The van der Waals surface area contributed by atoms with E-state index in [9.17, 15) is 9.59 Å². The number of carbonyl (C=O) groups is 2. The van der Waals surface area contributed by atoms with Gasteiger partial charge < -0.3 is 19.9 Å². The maximum Gasteiger partial charge on any atom is 0.307 e. The van der Waals surface area contributed by atoms with Gasteiger partial charge >= 0.3 is 5.97 Å². The van der Waals surface area contributed by atoms with Crippen LogP contribution in [0.5, 0.6) is 5.75 Å². The second kappa shape index (κ2) is 7.40. The molecule has 1 aromatic rings. The Kier molecular flexibility index (Phi) is 5.26. The Labute approximate surface area is 145 Å². The third-order valence-electron chi connectivity index (χ3n) is 4.34. The van der Waals surface area contributed by atoms with Gasteiger partial charge in [0.25, 0.3) is 0 Å². The van der Waals surface area contributed by atoms with E-state index >= 15 is 0 Å². The zero-order valence-electron chi connectivity index (χ0n) is 13.2. The van der Waals surface area contributed by atoms with E-state index in [1.807, 2.05) is 0 Å². The molecular formula is C17H20ClNO5. The number of carboxylic acid groups (broad SMARTS) is 1. The molecule has 1 amide bonds. The summed E-state index contributed by atoms with van der Waals surface area (Å²) in [7, 11) is 0. The van der Waals surface area contributed by atoms with Gasteiger partial charge in [-0.1, -0.05) is 11.6 Å². The standard InChI is InChI=1S/C17H20ClNO5/c18-10-4-5-15(24-9-11-3-1-2-6-23-11)14(7-10)19-16(20)12-8-13(12)17(21)22/h4-5,7,11-13H,1-3,6,8-9H2,(H,19,20)(H,21,22). The van der Waals surface area contributed by atoms with Crippen molar-refractivity contribution in [2.45, 2.75) is 31.8 Å². The van der Waals surface area contributed by atoms with Crippen molar-refractivity contribution in [2.24, 2.45) is 11.8 Å². The first-order valence-corrected chi connectivity index (χ1v) is 8.50. The lowest BCUT2D eigenvalue weighted by Gasteiger charge is -2.23. The molecule has 3 rings (SSSR count). The smallest absolute Gasteiger partial charge is 0.307 e. The van der Waals surface area contributed by atoms with Crippen LogP contribution in [0.25, 0.3) is 0 Å². The number of carbonyl (C=O) groups excluding carboxylic acids is 1. The van der Waals surface area contributed by atoms with Gasteiger partial charge in [0, 0.05) is 11.6 Å². The molecule has 7 heteroatoms. The second-order valence-corrected chi connectivity index (χ2v) is 6.65. The van der Waals surface area contributed by atoms with E-state index in [0.717, 1.165) is 25.9 Å². The molecule has 24 heavy (non-hydrogen) atoms. The zero-order valence-corrected chi connectivity index (χ0v) is 13.9. The molecule has 1 heterocycles. The van der Waals surface area contributed by atoms with Gasteiger partial charge in [-0.25, -0.2) is 0 Å². The van der Waals surface area contributed by atoms with Gasteiger partial charge in [0.1, 0.15) is 12.4 Å². The largest absolute Gasteiger partial charge is 0.489 e. The molecule has 3 unspecified atom stereocenters. The first-order valence-electron chi connectivity index (χ1n) is 8.12. The predicted octanol–water partition coefficient (Wildman–Crippen LogP) is 2.95. The van der Waals surface area contributed by atoms with Crippen molar-refractivity contribution in [3.8, 4) is 5.75 Å². The number of amides is 1. The van der Waals surface area contributed by atoms with Gasteiger partial charge in [-0.05, 0) is 43.9 Å². The van der Waals surface area contributed by atoms with Crippen LogP contribution in [-0.2, 0) is 14.3 Å². The molecule has 2 fully saturated rings. The fourth-order valence-electron chi connectivity index (χ4n) is 2.83. The maximum atomic E-state index is 12.2. The van der Waals surface area contributed by atoms with Crippen molar-refractivity contribution < 1.29 is 24.2 Å². The van der Waals surface area contributed by atoms with Gasteiger partial charge in [0.05, 0.1) is 23.6 Å². The zero-order chi connectivity index (χ0) is 17.1. The van der Waals surface area contributed by atoms with E-state index in [1.54, 1.807) is 18.2 Å². The minimum Gasteiger partial charge on any atom is -0.489 e. The topological polar surface area (TPSA) is 84.9 Å². The summed E-state index contributed by atoms with van der Waals surface area (Å²) < 4.78 is 11.4. The van der Waals surface area contributed by atoms with Crippen LogP contribution in [0.2, 0.25) is 5.02 Å². The van der Waals surface area contributed by atoms with Gasteiger partial charge in [0.15, 0.2) is 0 Å². The fraction of sp³-hybridized carbons (Fsp3) is 0.529. The molecule has 1 saturated heterocycles. The molecule has 1 aliphatic carbocycles. The van der Waals surface area contributed by atoms with Crippen molar-refractivity contribution >= 4 is 29.2 Å². The van der Waals surface area contributed by atoms with Crippen LogP contribution in [0.15, 0.2) is 18.2 Å². The lowest BCUT2D eigenvalue weighted by molar-refractivity contribution is -0.139. The summed E-state index contributed by atoms with van der Waals surface area (Å²) in [4.78, 5) is 23.0. The van der Waals surface area contributed by atoms with Crippen LogP contribution >= 0.6 is 11.6 Å². The van der Waals surface area contributed by atoms with Crippen LogP contribution in [0.3, 0.4) is 0 Å². The first kappa shape index (κ1) is 17.0. The van der Waals surface area contributed by atoms with Gasteiger partial charge in [-0.2, -0.15) is 0 Å². The summed E-state index contributed by atoms with van der Waals surface area (Å²) in [6.07, 6.45) is 3.57. The van der Waals surface area contributed by atoms with E-state index in [4.69, 9.17) is 26.2 Å². The van der Waals surface area contributed by atoms with Crippen LogP contribution in [-0.4, -0.2) is 36.3 Å². The highest BCUT2D eigenvalue weighted by Gasteiger charge is 2.48. The highest BCUT2D eigenvalue weighted by molar-refractivity contribution is 6.31. The Balaban J connectivity index is 1.62. The highest BCUT2D eigenvalue weighted by atomic mass is 35.5. The summed E-state index contributed by atoms with van der Waals surface area (Å²) in [5.41, 5.74) is 0.458. The predicted molar refractivity (Wildman–Crippen MR) is 88.4 cm³/mol. The normalized spacial score (nSPS) is 25.8. The number of halogens is 1. The number of benzene rings is 1. The van der Waals surface area contributed by atoms with Crippen molar-refractivity contribution in [2.75, 3.05) is 18.5 Å². The Morgan fingerprint density at radius 2 is 2.17 bits per heavy atom. The molecule has 6 nitrogen and oxygen atoms in total. The lowest BCUT2D eigenvalue weighted by Crippen LogP contribution is -2.26.